The fourth-order valence-electron chi connectivity index (χ4n) is 2.11. The maximum absolute atomic E-state index is 13.3. The molecule has 0 aromatic heterocycles. The molecule has 5 heteroatoms. The number of carbonyl (C=O) groups is 1. The van der Waals surface area contributed by atoms with Gasteiger partial charge in [-0.2, -0.15) is 0 Å². The number of hydrogen-bond donors (Lipinski definition) is 1. The molecule has 1 unspecified atom stereocenters. The Balaban J connectivity index is 2.56. The first-order valence-corrected chi connectivity index (χ1v) is 5.64. The SMILES string of the molecule is COC(=O)C1(N)CCc2c1ccc(F)c2Br. The minimum absolute atomic E-state index is 0.340. The molecule has 0 saturated heterocycles. The molecule has 0 heterocycles. The van der Waals surface area contributed by atoms with Crippen LogP contribution in [0.4, 0.5) is 4.39 Å². The van der Waals surface area contributed by atoms with E-state index in [1.807, 2.05) is 0 Å². The molecule has 0 bridgehead atoms. The van der Waals surface area contributed by atoms with E-state index in [9.17, 15) is 9.18 Å². The summed E-state index contributed by atoms with van der Waals surface area (Å²) >= 11 is 3.17. The number of carbonyl (C=O) groups excluding carboxylic acids is 1. The van der Waals surface area contributed by atoms with Gasteiger partial charge in [0.15, 0.2) is 0 Å². The van der Waals surface area contributed by atoms with Crippen LogP contribution in [0.25, 0.3) is 0 Å². The fourth-order valence-corrected chi connectivity index (χ4v) is 2.65. The second-order valence-corrected chi connectivity index (χ2v) is 4.64. The molecule has 0 spiro atoms. The lowest BCUT2D eigenvalue weighted by atomic mass is 9.93. The maximum atomic E-state index is 13.3. The quantitative estimate of drug-likeness (QED) is 0.802. The van der Waals surface area contributed by atoms with Crippen molar-refractivity contribution in [1.82, 2.24) is 0 Å². The van der Waals surface area contributed by atoms with Crippen molar-refractivity contribution in [3.63, 3.8) is 0 Å². The minimum Gasteiger partial charge on any atom is -0.467 e. The summed E-state index contributed by atoms with van der Waals surface area (Å²) in [7, 11) is 1.30. The normalized spacial score (nSPS) is 23.0. The first-order chi connectivity index (χ1) is 7.50. The summed E-state index contributed by atoms with van der Waals surface area (Å²) in [6.07, 6.45) is 1.01. The summed E-state index contributed by atoms with van der Waals surface area (Å²) in [5, 5.41) is 0. The Labute approximate surface area is 101 Å². The van der Waals surface area contributed by atoms with Crippen LogP contribution in [0, 0.1) is 5.82 Å². The number of benzene rings is 1. The van der Waals surface area contributed by atoms with Gasteiger partial charge in [-0.15, -0.1) is 0 Å². The summed E-state index contributed by atoms with van der Waals surface area (Å²) < 4.78 is 18.4. The molecule has 1 atom stereocenters. The molecule has 1 aliphatic rings. The van der Waals surface area contributed by atoms with Gasteiger partial charge in [-0.25, -0.2) is 9.18 Å². The number of hydrogen-bond acceptors (Lipinski definition) is 3. The summed E-state index contributed by atoms with van der Waals surface area (Å²) in [6, 6.07) is 2.86. The zero-order valence-corrected chi connectivity index (χ0v) is 10.3. The second-order valence-electron chi connectivity index (χ2n) is 3.85. The summed E-state index contributed by atoms with van der Waals surface area (Å²) in [4.78, 5) is 11.6. The molecule has 3 nitrogen and oxygen atoms in total. The minimum atomic E-state index is -1.14. The molecule has 0 saturated carbocycles. The van der Waals surface area contributed by atoms with Crippen LogP contribution in [-0.4, -0.2) is 13.1 Å². The van der Waals surface area contributed by atoms with Crippen LogP contribution in [0.3, 0.4) is 0 Å². The van der Waals surface area contributed by atoms with Gasteiger partial charge in [0.2, 0.25) is 0 Å². The first kappa shape index (κ1) is 11.5. The molecular formula is C11H11BrFNO2. The van der Waals surface area contributed by atoms with Crippen molar-refractivity contribution in [2.45, 2.75) is 18.4 Å². The fraction of sp³-hybridized carbons (Fsp3) is 0.364. The van der Waals surface area contributed by atoms with Crippen molar-refractivity contribution >= 4 is 21.9 Å². The van der Waals surface area contributed by atoms with E-state index >= 15 is 0 Å². The lowest BCUT2D eigenvalue weighted by molar-refractivity contribution is -0.147. The van der Waals surface area contributed by atoms with Crippen LogP contribution in [-0.2, 0) is 21.5 Å². The maximum Gasteiger partial charge on any atom is 0.330 e. The monoisotopic (exact) mass is 287 g/mol. The van der Waals surface area contributed by atoms with Crippen molar-refractivity contribution in [2.24, 2.45) is 5.73 Å². The van der Waals surface area contributed by atoms with Crippen LogP contribution in [0.15, 0.2) is 16.6 Å². The Kier molecular flexibility index (Phi) is 2.75. The van der Waals surface area contributed by atoms with Crippen molar-refractivity contribution in [3.05, 3.63) is 33.5 Å². The van der Waals surface area contributed by atoms with Gasteiger partial charge >= 0.3 is 5.97 Å². The van der Waals surface area contributed by atoms with E-state index in [4.69, 9.17) is 10.5 Å². The highest BCUT2D eigenvalue weighted by Gasteiger charge is 2.43. The van der Waals surface area contributed by atoms with Gasteiger partial charge in [0.25, 0.3) is 0 Å². The number of fused-ring (bicyclic) bond motifs is 1. The molecule has 2 N–H and O–H groups in total. The molecule has 1 aromatic carbocycles. The molecule has 0 fully saturated rings. The number of halogens is 2. The molecule has 0 radical (unpaired) electrons. The zero-order chi connectivity index (χ0) is 11.9. The van der Waals surface area contributed by atoms with Crippen LogP contribution in [0.5, 0.6) is 0 Å². The third kappa shape index (κ3) is 1.46. The van der Waals surface area contributed by atoms with Crippen LogP contribution >= 0.6 is 15.9 Å². The number of rotatable bonds is 1. The summed E-state index contributed by atoms with van der Waals surface area (Å²) in [6.45, 7) is 0. The highest BCUT2D eigenvalue weighted by Crippen LogP contribution is 2.40. The van der Waals surface area contributed by atoms with Crippen molar-refractivity contribution < 1.29 is 13.9 Å². The Morgan fingerprint density at radius 1 is 1.62 bits per heavy atom. The number of methoxy groups -OCH3 is 1. The van der Waals surface area contributed by atoms with E-state index < -0.39 is 11.5 Å². The molecule has 0 aliphatic heterocycles. The van der Waals surface area contributed by atoms with Gasteiger partial charge in [0, 0.05) is 0 Å². The van der Waals surface area contributed by atoms with Crippen LogP contribution < -0.4 is 5.73 Å². The Morgan fingerprint density at radius 3 is 2.94 bits per heavy atom. The molecule has 1 aliphatic carbocycles. The van der Waals surface area contributed by atoms with Crippen molar-refractivity contribution in [1.29, 1.82) is 0 Å². The Hall–Kier alpha value is -0.940. The third-order valence-corrected chi connectivity index (χ3v) is 3.85. The molecule has 0 amide bonds. The highest BCUT2D eigenvalue weighted by atomic mass is 79.9. The first-order valence-electron chi connectivity index (χ1n) is 4.85. The zero-order valence-electron chi connectivity index (χ0n) is 8.72. The third-order valence-electron chi connectivity index (χ3n) is 3.00. The van der Waals surface area contributed by atoms with Gasteiger partial charge in [-0.1, -0.05) is 6.07 Å². The van der Waals surface area contributed by atoms with Gasteiger partial charge in [-0.05, 0) is 46.0 Å². The van der Waals surface area contributed by atoms with Gasteiger partial charge in [-0.3, -0.25) is 0 Å². The topological polar surface area (TPSA) is 52.3 Å². The van der Waals surface area contributed by atoms with Gasteiger partial charge in [0.1, 0.15) is 11.4 Å². The van der Waals surface area contributed by atoms with Crippen molar-refractivity contribution in [3.8, 4) is 0 Å². The van der Waals surface area contributed by atoms with E-state index in [0.717, 1.165) is 5.56 Å². The van der Waals surface area contributed by atoms with Gasteiger partial charge < -0.3 is 10.5 Å². The van der Waals surface area contributed by atoms with E-state index in [1.54, 1.807) is 6.07 Å². The van der Waals surface area contributed by atoms with Crippen molar-refractivity contribution in [2.75, 3.05) is 7.11 Å². The van der Waals surface area contributed by atoms with E-state index in [0.29, 0.717) is 22.9 Å². The summed E-state index contributed by atoms with van der Waals surface area (Å²) in [5.41, 5.74) is 6.29. The number of ether oxygens (including phenoxy) is 1. The number of nitrogens with two attached hydrogens (primary N) is 1. The molecule has 2 rings (SSSR count). The highest BCUT2D eigenvalue weighted by molar-refractivity contribution is 9.10. The Bertz CT molecular complexity index is 464. The average molecular weight is 288 g/mol. The predicted molar refractivity (Wildman–Crippen MR) is 60.3 cm³/mol. The molecule has 1 aromatic rings. The predicted octanol–water partition coefficient (Wildman–Crippen LogP) is 1.86. The van der Waals surface area contributed by atoms with E-state index in [-0.39, 0.29) is 5.82 Å². The smallest absolute Gasteiger partial charge is 0.330 e. The summed E-state index contributed by atoms with van der Waals surface area (Å²) in [5.74, 6) is -0.822. The molecule has 86 valence electrons. The van der Waals surface area contributed by atoms with Crippen LogP contribution in [0.2, 0.25) is 0 Å². The lowest BCUT2D eigenvalue weighted by Crippen LogP contribution is -2.43. The lowest BCUT2D eigenvalue weighted by Gasteiger charge is -2.22. The van der Waals surface area contributed by atoms with Crippen LogP contribution in [0.1, 0.15) is 17.5 Å². The standard InChI is InChI=1S/C11H11BrFNO2/c1-16-10(15)11(14)5-4-6-7(11)2-3-8(13)9(6)12/h2-3H,4-5,14H2,1H3. The Morgan fingerprint density at radius 2 is 2.31 bits per heavy atom. The average Bonchev–Trinajstić information content (AvgIpc) is 2.62. The molecular weight excluding hydrogens is 277 g/mol. The second kappa shape index (κ2) is 3.82. The van der Waals surface area contributed by atoms with Gasteiger partial charge in [0.05, 0.1) is 11.6 Å². The number of esters is 1. The largest absolute Gasteiger partial charge is 0.467 e. The van der Waals surface area contributed by atoms with E-state index in [1.165, 1.54) is 13.2 Å². The van der Waals surface area contributed by atoms with E-state index in [2.05, 4.69) is 15.9 Å². The molecule has 16 heavy (non-hydrogen) atoms.